The van der Waals surface area contributed by atoms with Gasteiger partial charge < -0.3 is 5.73 Å². The summed E-state index contributed by atoms with van der Waals surface area (Å²) in [7, 11) is 2.00. The SMILES string of the molecule is Cc1ccc(-c2c(C)c(CCN)nn2C)c(C)c1. The molecule has 0 amide bonds. The van der Waals surface area contributed by atoms with Crippen molar-refractivity contribution >= 4 is 0 Å². The molecule has 2 aromatic rings. The zero-order valence-corrected chi connectivity index (χ0v) is 11.6. The maximum atomic E-state index is 5.63. The lowest BCUT2D eigenvalue weighted by atomic mass is 9.99. The Bertz CT molecular complexity index is 567. The molecule has 0 fully saturated rings. The molecule has 3 nitrogen and oxygen atoms in total. The lowest BCUT2D eigenvalue weighted by molar-refractivity contribution is 0.745. The number of nitrogens with zero attached hydrogens (tertiary/aromatic N) is 2. The molecule has 1 aromatic heterocycles. The first-order valence-electron chi connectivity index (χ1n) is 6.34. The van der Waals surface area contributed by atoms with Gasteiger partial charge in [0, 0.05) is 19.0 Å². The van der Waals surface area contributed by atoms with E-state index in [0.29, 0.717) is 6.54 Å². The molecule has 18 heavy (non-hydrogen) atoms. The normalized spacial score (nSPS) is 10.9. The summed E-state index contributed by atoms with van der Waals surface area (Å²) in [6.45, 7) is 7.04. The van der Waals surface area contributed by atoms with Crippen LogP contribution in [0.1, 0.15) is 22.4 Å². The Morgan fingerprint density at radius 3 is 2.56 bits per heavy atom. The van der Waals surface area contributed by atoms with Crippen molar-refractivity contribution in [3.8, 4) is 11.3 Å². The molecular weight excluding hydrogens is 222 g/mol. The number of aryl methyl sites for hydroxylation is 3. The van der Waals surface area contributed by atoms with Crippen LogP contribution >= 0.6 is 0 Å². The Morgan fingerprint density at radius 1 is 1.22 bits per heavy atom. The van der Waals surface area contributed by atoms with E-state index in [9.17, 15) is 0 Å². The fourth-order valence-electron chi connectivity index (χ4n) is 2.52. The van der Waals surface area contributed by atoms with E-state index in [4.69, 9.17) is 5.73 Å². The van der Waals surface area contributed by atoms with Gasteiger partial charge in [0.25, 0.3) is 0 Å². The fraction of sp³-hybridized carbons (Fsp3) is 0.400. The summed E-state index contributed by atoms with van der Waals surface area (Å²) in [6.07, 6.45) is 0.838. The molecule has 0 radical (unpaired) electrons. The highest BCUT2D eigenvalue weighted by atomic mass is 15.3. The van der Waals surface area contributed by atoms with Crippen molar-refractivity contribution in [3.05, 3.63) is 40.6 Å². The first kappa shape index (κ1) is 12.8. The van der Waals surface area contributed by atoms with Crippen molar-refractivity contribution in [1.82, 2.24) is 9.78 Å². The predicted octanol–water partition coefficient (Wildman–Crippen LogP) is 2.51. The third-order valence-electron chi connectivity index (χ3n) is 3.40. The molecular formula is C15H21N3. The van der Waals surface area contributed by atoms with E-state index in [2.05, 4.69) is 44.1 Å². The zero-order valence-electron chi connectivity index (χ0n) is 11.6. The third kappa shape index (κ3) is 2.18. The van der Waals surface area contributed by atoms with Crippen LogP contribution in [0.25, 0.3) is 11.3 Å². The van der Waals surface area contributed by atoms with Gasteiger partial charge in [-0.25, -0.2) is 0 Å². The molecule has 1 heterocycles. The molecule has 0 aliphatic heterocycles. The summed E-state index contributed by atoms with van der Waals surface area (Å²) in [5, 5.41) is 4.58. The molecule has 0 spiro atoms. The van der Waals surface area contributed by atoms with Crippen molar-refractivity contribution in [2.75, 3.05) is 6.54 Å². The smallest absolute Gasteiger partial charge is 0.0713 e. The van der Waals surface area contributed by atoms with E-state index >= 15 is 0 Å². The summed E-state index contributed by atoms with van der Waals surface area (Å²) in [6, 6.07) is 6.54. The maximum absolute atomic E-state index is 5.63. The molecule has 2 rings (SSSR count). The van der Waals surface area contributed by atoms with Gasteiger partial charge in [0.1, 0.15) is 0 Å². The number of nitrogens with two attached hydrogens (primary N) is 1. The first-order chi connectivity index (χ1) is 8.54. The largest absolute Gasteiger partial charge is 0.330 e. The van der Waals surface area contributed by atoms with Crippen molar-refractivity contribution in [2.45, 2.75) is 27.2 Å². The van der Waals surface area contributed by atoms with E-state index in [1.165, 1.54) is 27.9 Å². The van der Waals surface area contributed by atoms with Crippen LogP contribution in [0.15, 0.2) is 18.2 Å². The molecule has 96 valence electrons. The average molecular weight is 243 g/mol. The fourth-order valence-corrected chi connectivity index (χ4v) is 2.52. The molecule has 1 aromatic carbocycles. The summed E-state index contributed by atoms with van der Waals surface area (Å²) >= 11 is 0. The minimum absolute atomic E-state index is 0.643. The molecule has 0 atom stereocenters. The lowest BCUT2D eigenvalue weighted by Crippen LogP contribution is -2.04. The standard InChI is InChI=1S/C15H21N3/c1-10-5-6-13(11(2)9-10)15-12(3)14(7-8-16)17-18(15)4/h5-6,9H,7-8,16H2,1-4H3. The number of hydrogen-bond acceptors (Lipinski definition) is 2. The van der Waals surface area contributed by atoms with Gasteiger partial charge >= 0.3 is 0 Å². The van der Waals surface area contributed by atoms with Crippen molar-refractivity contribution < 1.29 is 0 Å². The highest BCUT2D eigenvalue weighted by Gasteiger charge is 2.14. The number of benzene rings is 1. The predicted molar refractivity (Wildman–Crippen MR) is 75.6 cm³/mol. The number of rotatable bonds is 3. The summed E-state index contributed by atoms with van der Waals surface area (Å²) in [5.41, 5.74) is 13.0. The highest BCUT2D eigenvalue weighted by Crippen LogP contribution is 2.28. The lowest BCUT2D eigenvalue weighted by Gasteiger charge is -2.08. The second-order valence-corrected chi connectivity index (χ2v) is 4.90. The quantitative estimate of drug-likeness (QED) is 0.900. The van der Waals surface area contributed by atoms with E-state index in [1.54, 1.807) is 0 Å². The van der Waals surface area contributed by atoms with Crippen molar-refractivity contribution in [3.63, 3.8) is 0 Å². The molecule has 0 saturated heterocycles. The van der Waals surface area contributed by atoms with Crippen LogP contribution in [0.5, 0.6) is 0 Å². The molecule has 2 N–H and O–H groups in total. The Kier molecular flexibility index (Phi) is 3.53. The summed E-state index contributed by atoms with van der Waals surface area (Å²) in [5.74, 6) is 0. The van der Waals surface area contributed by atoms with Crippen LogP contribution in [0.2, 0.25) is 0 Å². The van der Waals surface area contributed by atoms with Crippen LogP contribution in [0.3, 0.4) is 0 Å². The zero-order chi connectivity index (χ0) is 13.3. The number of hydrogen-bond donors (Lipinski definition) is 1. The topological polar surface area (TPSA) is 43.8 Å². The highest BCUT2D eigenvalue weighted by molar-refractivity contribution is 5.68. The Hall–Kier alpha value is -1.61. The monoisotopic (exact) mass is 243 g/mol. The van der Waals surface area contributed by atoms with Gasteiger partial charge in [-0.15, -0.1) is 0 Å². The van der Waals surface area contributed by atoms with E-state index in [-0.39, 0.29) is 0 Å². The van der Waals surface area contributed by atoms with Crippen LogP contribution in [-0.2, 0) is 13.5 Å². The molecule has 0 aliphatic rings. The van der Waals surface area contributed by atoms with Gasteiger partial charge in [-0.1, -0.05) is 23.8 Å². The third-order valence-corrected chi connectivity index (χ3v) is 3.40. The van der Waals surface area contributed by atoms with Gasteiger partial charge in [0.05, 0.1) is 11.4 Å². The van der Waals surface area contributed by atoms with Gasteiger partial charge in [-0.05, 0) is 38.4 Å². The van der Waals surface area contributed by atoms with Crippen LogP contribution in [-0.4, -0.2) is 16.3 Å². The van der Waals surface area contributed by atoms with Gasteiger partial charge in [0.2, 0.25) is 0 Å². The van der Waals surface area contributed by atoms with Crippen molar-refractivity contribution in [2.24, 2.45) is 12.8 Å². The molecule has 0 aliphatic carbocycles. The van der Waals surface area contributed by atoms with Crippen LogP contribution < -0.4 is 5.73 Å². The van der Waals surface area contributed by atoms with Crippen LogP contribution in [0, 0.1) is 20.8 Å². The second kappa shape index (κ2) is 4.94. The Labute approximate surface area is 109 Å². The summed E-state index contributed by atoms with van der Waals surface area (Å²) < 4.78 is 1.97. The minimum Gasteiger partial charge on any atom is -0.330 e. The molecule has 3 heteroatoms. The molecule has 0 saturated carbocycles. The van der Waals surface area contributed by atoms with Crippen LogP contribution in [0.4, 0.5) is 0 Å². The first-order valence-corrected chi connectivity index (χ1v) is 6.34. The second-order valence-electron chi connectivity index (χ2n) is 4.90. The Morgan fingerprint density at radius 2 is 1.94 bits per heavy atom. The van der Waals surface area contributed by atoms with Gasteiger partial charge in [0.15, 0.2) is 0 Å². The summed E-state index contributed by atoms with van der Waals surface area (Å²) in [4.78, 5) is 0. The maximum Gasteiger partial charge on any atom is 0.0713 e. The van der Waals surface area contributed by atoms with Crippen molar-refractivity contribution in [1.29, 1.82) is 0 Å². The van der Waals surface area contributed by atoms with E-state index in [1.807, 2.05) is 11.7 Å². The minimum atomic E-state index is 0.643. The van der Waals surface area contributed by atoms with Gasteiger partial charge in [-0.2, -0.15) is 5.10 Å². The van der Waals surface area contributed by atoms with Gasteiger partial charge in [-0.3, -0.25) is 4.68 Å². The molecule has 0 unspecified atom stereocenters. The van der Waals surface area contributed by atoms with E-state index in [0.717, 1.165) is 12.1 Å². The Balaban J connectivity index is 2.56. The number of aromatic nitrogens is 2. The average Bonchev–Trinajstić information content (AvgIpc) is 2.56. The molecule has 0 bridgehead atoms. The van der Waals surface area contributed by atoms with E-state index < -0.39 is 0 Å².